The number of rotatable bonds is 6. The molecule has 0 aromatic heterocycles. The van der Waals surface area contributed by atoms with E-state index in [0.29, 0.717) is 5.11 Å². The molecule has 0 spiro atoms. The predicted octanol–water partition coefficient (Wildman–Crippen LogP) is 5.53. The number of thiocarbonyl (C=S) groups is 1. The first-order chi connectivity index (χ1) is 11.9. The van der Waals surface area contributed by atoms with E-state index in [9.17, 15) is 0 Å². The first-order valence-electron chi connectivity index (χ1n) is 8.80. The summed E-state index contributed by atoms with van der Waals surface area (Å²) in [5, 5.41) is 7.29. The van der Waals surface area contributed by atoms with Gasteiger partial charge in [-0.25, -0.2) is 0 Å². The van der Waals surface area contributed by atoms with E-state index >= 15 is 0 Å². The lowest BCUT2D eigenvalue weighted by atomic mass is 9.99. The Morgan fingerprint density at radius 1 is 1.04 bits per heavy atom. The van der Waals surface area contributed by atoms with E-state index in [0.717, 1.165) is 17.9 Å². The molecule has 3 nitrogen and oxygen atoms in total. The second kappa shape index (κ2) is 8.86. The molecule has 0 aliphatic carbocycles. The molecule has 2 N–H and O–H groups in total. The molecule has 0 aliphatic heterocycles. The molecule has 25 heavy (non-hydrogen) atoms. The third kappa shape index (κ3) is 5.75. The highest BCUT2D eigenvalue weighted by Crippen LogP contribution is 2.21. The van der Waals surface area contributed by atoms with Gasteiger partial charge in [-0.15, -0.1) is 0 Å². The fraction of sp³-hybridized carbons (Fsp3) is 0.381. The molecule has 0 heterocycles. The molecule has 134 valence electrons. The Bertz CT molecular complexity index is 710. The van der Waals surface area contributed by atoms with Crippen molar-refractivity contribution in [3.05, 3.63) is 59.2 Å². The summed E-state index contributed by atoms with van der Waals surface area (Å²) in [5.41, 5.74) is 4.82. The van der Waals surface area contributed by atoms with E-state index in [4.69, 9.17) is 17.0 Å². The van der Waals surface area contributed by atoms with E-state index in [2.05, 4.69) is 49.6 Å². The molecular formula is C21H28N2OS. The van der Waals surface area contributed by atoms with Crippen molar-refractivity contribution in [2.45, 2.75) is 53.2 Å². The lowest BCUT2D eigenvalue weighted by Crippen LogP contribution is -2.32. The van der Waals surface area contributed by atoms with Gasteiger partial charge in [-0.1, -0.05) is 25.1 Å². The average molecular weight is 357 g/mol. The molecular weight excluding hydrogens is 328 g/mol. The molecule has 0 radical (unpaired) electrons. The zero-order valence-corrected chi connectivity index (χ0v) is 16.5. The molecule has 0 unspecified atom stereocenters. The number of anilines is 1. The van der Waals surface area contributed by atoms with Crippen molar-refractivity contribution in [1.82, 2.24) is 5.32 Å². The highest BCUT2D eigenvalue weighted by molar-refractivity contribution is 7.80. The molecule has 2 aromatic carbocycles. The Kier molecular flexibility index (Phi) is 6.82. The van der Waals surface area contributed by atoms with Crippen LogP contribution in [0.3, 0.4) is 0 Å². The van der Waals surface area contributed by atoms with Crippen LogP contribution in [-0.2, 0) is 0 Å². The van der Waals surface area contributed by atoms with Crippen LogP contribution in [0.25, 0.3) is 0 Å². The minimum atomic E-state index is 0.171. The summed E-state index contributed by atoms with van der Waals surface area (Å²) in [6, 6.07) is 14.6. The van der Waals surface area contributed by atoms with Crippen molar-refractivity contribution in [2.24, 2.45) is 0 Å². The molecule has 4 heteroatoms. The summed E-state index contributed by atoms with van der Waals surface area (Å²) in [5.74, 6) is 0.862. The van der Waals surface area contributed by atoms with Crippen LogP contribution in [0.15, 0.2) is 42.5 Å². The molecule has 0 amide bonds. The Labute approximate surface area is 156 Å². The van der Waals surface area contributed by atoms with Gasteiger partial charge in [0, 0.05) is 5.69 Å². The zero-order chi connectivity index (χ0) is 18.4. The Morgan fingerprint density at radius 3 is 2.28 bits per heavy atom. The van der Waals surface area contributed by atoms with Crippen molar-refractivity contribution >= 4 is 23.0 Å². The van der Waals surface area contributed by atoms with Crippen molar-refractivity contribution in [3.63, 3.8) is 0 Å². The summed E-state index contributed by atoms with van der Waals surface area (Å²) in [7, 11) is 0. The van der Waals surface area contributed by atoms with Gasteiger partial charge in [0.15, 0.2) is 5.11 Å². The summed E-state index contributed by atoms with van der Waals surface area (Å²) in [6.45, 7) is 10.5. The summed E-state index contributed by atoms with van der Waals surface area (Å²) < 4.78 is 5.66. The highest BCUT2D eigenvalue weighted by atomic mass is 32.1. The molecule has 0 aliphatic rings. The van der Waals surface area contributed by atoms with E-state index in [-0.39, 0.29) is 12.1 Å². The van der Waals surface area contributed by atoms with Gasteiger partial charge in [0.1, 0.15) is 5.75 Å². The maximum Gasteiger partial charge on any atom is 0.171 e. The minimum absolute atomic E-state index is 0.171. The minimum Gasteiger partial charge on any atom is -0.491 e. The largest absolute Gasteiger partial charge is 0.491 e. The number of hydrogen-bond acceptors (Lipinski definition) is 2. The van der Waals surface area contributed by atoms with Gasteiger partial charge in [-0.3, -0.25) is 0 Å². The number of hydrogen-bond donors (Lipinski definition) is 2. The molecule has 0 saturated carbocycles. The fourth-order valence-corrected chi connectivity index (χ4v) is 2.88. The number of ether oxygens (including phenoxy) is 1. The topological polar surface area (TPSA) is 33.3 Å². The summed E-state index contributed by atoms with van der Waals surface area (Å²) in [4.78, 5) is 0. The number of aryl methyl sites for hydroxylation is 2. The first kappa shape index (κ1) is 19.3. The van der Waals surface area contributed by atoms with E-state index in [1.807, 2.05) is 38.1 Å². The van der Waals surface area contributed by atoms with Gasteiger partial charge in [-0.05, 0) is 87.3 Å². The van der Waals surface area contributed by atoms with Gasteiger partial charge in [0.05, 0.1) is 12.1 Å². The monoisotopic (exact) mass is 356 g/mol. The van der Waals surface area contributed by atoms with E-state index in [1.165, 1.54) is 16.7 Å². The van der Waals surface area contributed by atoms with Crippen molar-refractivity contribution in [2.75, 3.05) is 5.32 Å². The van der Waals surface area contributed by atoms with Crippen LogP contribution in [-0.4, -0.2) is 11.2 Å². The van der Waals surface area contributed by atoms with Crippen LogP contribution in [0.2, 0.25) is 0 Å². The standard InChI is InChI=1S/C21H28N2OS/c1-6-20(17-8-7-15(4)16(5)13-17)23-21(25)22-18-9-11-19(12-10-18)24-14(2)3/h7-14,20H,6H2,1-5H3,(H2,22,23,25)/t20-/m0/s1. The van der Waals surface area contributed by atoms with Gasteiger partial charge in [0.25, 0.3) is 0 Å². The van der Waals surface area contributed by atoms with Crippen molar-refractivity contribution < 1.29 is 4.74 Å². The van der Waals surface area contributed by atoms with Gasteiger partial charge in [-0.2, -0.15) is 0 Å². The second-order valence-corrected chi connectivity index (χ2v) is 7.00. The van der Waals surface area contributed by atoms with Gasteiger partial charge < -0.3 is 15.4 Å². The maximum absolute atomic E-state index is 5.66. The molecule has 1 atom stereocenters. The second-order valence-electron chi connectivity index (χ2n) is 6.59. The highest BCUT2D eigenvalue weighted by Gasteiger charge is 2.11. The van der Waals surface area contributed by atoms with Gasteiger partial charge >= 0.3 is 0 Å². The molecule has 2 aromatic rings. The molecule has 0 fully saturated rings. The molecule has 0 saturated heterocycles. The average Bonchev–Trinajstić information content (AvgIpc) is 2.56. The van der Waals surface area contributed by atoms with Gasteiger partial charge in [0.2, 0.25) is 0 Å². The molecule has 0 bridgehead atoms. The normalized spacial score (nSPS) is 11.9. The first-order valence-corrected chi connectivity index (χ1v) is 9.21. The van der Waals surface area contributed by atoms with Crippen molar-refractivity contribution in [1.29, 1.82) is 0 Å². The fourth-order valence-electron chi connectivity index (χ4n) is 2.62. The summed E-state index contributed by atoms with van der Waals surface area (Å²) >= 11 is 5.49. The lowest BCUT2D eigenvalue weighted by Gasteiger charge is -2.21. The van der Waals surface area contributed by atoms with Crippen LogP contribution in [0.1, 0.15) is 49.9 Å². The Hall–Kier alpha value is -2.07. The predicted molar refractivity (Wildman–Crippen MR) is 111 cm³/mol. The van der Waals surface area contributed by atoms with Crippen LogP contribution in [0.4, 0.5) is 5.69 Å². The third-order valence-electron chi connectivity index (χ3n) is 4.13. The Morgan fingerprint density at radius 2 is 1.72 bits per heavy atom. The number of benzene rings is 2. The third-order valence-corrected chi connectivity index (χ3v) is 4.35. The van der Waals surface area contributed by atoms with Crippen LogP contribution < -0.4 is 15.4 Å². The number of nitrogens with one attached hydrogen (secondary N) is 2. The SMILES string of the molecule is CC[C@H](NC(=S)Nc1ccc(OC(C)C)cc1)c1ccc(C)c(C)c1. The van der Waals surface area contributed by atoms with Crippen LogP contribution in [0, 0.1) is 13.8 Å². The zero-order valence-electron chi connectivity index (χ0n) is 15.7. The Balaban J connectivity index is 1.98. The van der Waals surface area contributed by atoms with Crippen LogP contribution >= 0.6 is 12.2 Å². The quantitative estimate of drug-likeness (QED) is 0.667. The van der Waals surface area contributed by atoms with Crippen molar-refractivity contribution in [3.8, 4) is 5.75 Å². The molecule has 2 rings (SSSR count). The smallest absolute Gasteiger partial charge is 0.171 e. The lowest BCUT2D eigenvalue weighted by molar-refractivity contribution is 0.242. The van der Waals surface area contributed by atoms with Crippen LogP contribution in [0.5, 0.6) is 5.75 Å². The van der Waals surface area contributed by atoms with E-state index < -0.39 is 0 Å². The van der Waals surface area contributed by atoms with E-state index in [1.54, 1.807) is 0 Å². The summed E-state index contributed by atoms with van der Waals surface area (Å²) in [6.07, 6.45) is 1.13. The maximum atomic E-state index is 5.66.